The van der Waals surface area contributed by atoms with Gasteiger partial charge in [-0.3, -0.25) is 4.79 Å². The molecule has 0 bridgehead atoms. The molecule has 6 heteroatoms. The summed E-state index contributed by atoms with van der Waals surface area (Å²) in [4.78, 5) is 27.8. The van der Waals surface area contributed by atoms with E-state index in [4.69, 9.17) is 4.74 Å². The van der Waals surface area contributed by atoms with Crippen LogP contribution in [0, 0.1) is 0 Å². The minimum atomic E-state index is -0.133. The summed E-state index contributed by atoms with van der Waals surface area (Å²) in [5.41, 5.74) is 0.808. The zero-order valence-corrected chi connectivity index (χ0v) is 12.7. The Morgan fingerprint density at radius 1 is 1.32 bits per heavy atom. The van der Waals surface area contributed by atoms with Crippen LogP contribution in [0.1, 0.15) is 19.3 Å². The van der Waals surface area contributed by atoms with E-state index in [0.29, 0.717) is 13.0 Å². The van der Waals surface area contributed by atoms with E-state index in [2.05, 4.69) is 5.32 Å². The number of rotatable bonds is 3. The second-order valence-corrected chi connectivity index (χ2v) is 5.75. The number of ether oxygens (including phenoxy) is 1. The van der Waals surface area contributed by atoms with Crippen molar-refractivity contribution in [2.45, 2.75) is 25.3 Å². The number of anilines is 1. The normalized spacial score (nSPS) is 21.3. The van der Waals surface area contributed by atoms with Crippen LogP contribution in [-0.2, 0) is 4.79 Å². The van der Waals surface area contributed by atoms with Crippen molar-refractivity contribution >= 4 is 17.6 Å². The van der Waals surface area contributed by atoms with Crippen molar-refractivity contribution in [1.29, 1.82) is 0 Å². The Balaban J connectivity index is 1.63. The maximum atomic E-state index is 12.2. The number of hydrogen-bond acceptors (Lipinski definition) is 3. The second kappa shape index (κ2) is 6.25. The van der Waals surface area contributed by atoms with Gasteiger partial charge in [0.2, 0.25) is 5.91 Å². The standard InChI is InChI=1S/C16H21N3O3/c1-22-14-6-4-5-13(10-14)19-11-12(9-15(19)20)17-16(21)18-7-2-3-8-18/h4-6,10,12H,2-3,7-9,11H2,1H3,(H,17,21). The lowest BCUT2D eigenvalue weighted by Gasteiger charge is -2.21. The van der Waals surface area contributed by atoms with Crippen LogP contribution in [0.3, 0.4) is 0 Å². The molecule has 1 unspecified atom stereocenters. The van der Waals surface area contributed by atoms with E-state index in [1.54, 1.807) is 12.0 Å². The van der Waals surface area contributed by atoms with Gasteiger partial charge in [0.15, 0.2) is 0 Å². The highest BCUT2D eigenvalue weighted by Crippen LogP contribution is 2.25. The fraction of sp³-hybridized carbons (Fsp3) is 0.500. The molecule has 6 nitrogen and oxygen atoms in total. The van der Waals surface area contributed by atoms with Gasteiger partial charge >= 0.3 is 6.03 Å². The van der Waals surface area contributed by atoms with Gasteiger partial charge in [0.25, 0.3) is 0 Å². The lowest BCUT2D eigenvalue weighted by atomic mass is 10.2. The Morgan fingerprint density at radius 3 is 2.82 bits per heavy atom. The van der Waals surface area contributed by atoms with Crippen LogP contribution < -0.4 is 15.0 Å². The van der Waals surface area contributed by atoms with Gasteiger partial charge in [0.1, 0.15) is 5.75 Å². The minimum Gasteiger partial charge on any atom is -0.497 e. The molecule has 2 aliphatic heterocycles. The van der Waals surface area contributed by atoms with Crippen molar-refractivity contribution in [3.63, 3.8) is 0 Å². The van der Waals surface area contributed by atoms with Crippen molar-refractivity contribution in [2.75, 3.05) is 31.6 Å². The largest absolute Gasteiger partial charge is 0.497 e. The van der Waals surface area contributed by atoms with Crippen molar-refractivity contribution < 1.29 is 14.3 Å². The Bertz CT molecular complexity index is 570. The Hall–Kier alpha value is -2.24. The Labute approximate surface area is 130 Å². The average molecular weight is 303 g/mol. The van der Waals surface area contributed by atoms with Gasteiger partial charge in [-0.05, 0) is 25.0 Å². The lowest BCUT2D eigenvalue weighted by molar-refractivity contribution is -0.117. The number of carbonyl (C=O) groups excluding carboxylic acids is 2. The minimum absolute atomic E-state index is 0.0278. The van der Waals surface area contributed by atoms with E-state index < -0.39 is 0 Å². The molecular formula is C16H21N3O3. The Kier molecular flexibility index (Phi) is 4.18. The molecule has 2 fully saturated rings. The Morgan fingerprint density at radius 2 is 2.09 bits per heavy atom. The number of likely N-dealkylation sites (tertiary alicyclic amines) is 1. The van der Waals surface area contributed by atoms with E-state index in [1.807, 2.05) is 29.2 Å². The molecular weight excluding hydrogens is 282 g/mol. The van der Waals surface area contributed by atoms with Gasteiger partial charge in [0.05, 0.1) is 13.2 Å². The number of methoxy groups -OCH3 is 1. The van der Waals surface area contributed by atoms with Crippen LogP contribution in [-0.4, -0.2) is 49.6 Å². The number of nitrogens with one attached hydrogen (secondary N) is 1. The fourth-order valence-corrected chi connectivity index (χ4v) is 3.02. The topological polar surface area (TPSA) is 61.9 Å². The van der Waals surface area contributed by atoms with Crippen LogP contribution in [0.2, 0.25) is 0 Å². The van der Waals surface area contributed by atoms with Gasteiger partial charge in [-0.1, -0.05) is 6.07 Å². The van der Waals surface area contributed by atoms with Crippen LogP contribution in [0.25, 0.3) is 0 Å². The maximum Gasteiger partial charge on any atom is 0.317 e. The van der Waals surface area contributed by atoms with Gasteiger partial charge < -0.3 is 19.9 Å². The van der Waals surface area contributed by atoms with E-state index in [0.717, 1.165) is 37.4 Å². The first-order chi connectivity index (χ1) is 10.7. The van der Waals surface area contributed by atoms with E-state index in [9.17, 15) is 9.59 Å². The third kappa shape index (κ3) is 3.00. The number of benzene rings is 1. The number of carbonyl (C=O) groups is 2. The number of urea groups is 1. The molecule has 118 valence electrons. The third-order valence-corrected chi connectivity index (χ3v) is 4.21. The number of amides is 3. The molecule has 1 N–H and O–H groups in total. The molecule has 3 amide bonds. The van der Waals surface area contributed by atoms with Crippen LogP contribution in [0.15, 0.2) is 24.3 Å². The zero-order chi connectivity index (χ0) is 15.5. The summed E-state index contributed by atoms with van der Waals surface area (Å²) in [5, 5.41) is 2.97. The lowest BCUT2D eigenvalue weighted by Crippen LogP contribution is -2.44. The predicted octanol–water partition coefficient (Wildman–Crippen LogP) is 1.61. The fourth-order valence-electron chi connectivity index (χ4n) is 3.02. The SMILES string of the molecule is COc1cccc(N2CC(NC(=O)N3CCCC3)CC2=O)c1. The smallest absolute Gasteiger partial charge is 0.317 e. The first kappa shape index (κ1) is 14.7. The third-order valence-electron chi connectivity index (χ3n) is 4.21. The highest BCUT2D eigenvalue weighted by atomic mass is 16.5. The van der Waals surface area contributed by atoms with Crippen LogP contribution in [0.4, 0.5) is 10.5 Å². The molecule has 1 aromatic rings. The summed E-state index contributed by atoms with van der Waals surface area (Å²) in [7, 11) is 1.60. The van der Waals surface area contributed by atoms with Crippen LogP contribution in [0.5, 0.6) is 5.75 Å². The van der Waals surface area contributed by atoms with Crippen molar-refractivity contribution in [3.05, 3.63) is 24.3 Å². The highest BCUT2D eigenvalue weighted by molar-refractivity contribution is 5.97. The first-order valence-corrected chi connectivity index (χ1v) is 7.67. The molecule has 0 saturated carbocycles. The zero-order valence-electron chi connectivity index (χ0n) is 12.7. The molecule has 0 radical (unpaired) electrons. The maximum absolute atomic E-state index is 12.2. The summed E-state index contributed by atoms with van der Waals surface area (Å²) in [6.07, 6.45) is 2.47. The number of hydrogen-bond donors (Lipinski definition) is 1. The molecule has 22 heavy (non-hydrogen) atoms. The van der Waals surface area contributed by atoms with Crippen molar-refractivity contribution in [3.8, 4) is 5.75 Å². The van der Waals surface area contributed by atoms with E-state index in [-0.39, 0.29) is 18.0 Å². The second-order valence-electron chi connectivity index (χ2n) is 5.75. The van der Waals surface area contributed by atoms with E-state index in [1.165, 1.54) is 0 Å². The molecule has 3 rings (SSSR count). The summed E-state index contributed by atoms with van der Waals surface area (Å²) < 4.78 is 5.19. The molecule has 2 saturated heterocycles. The van der Waals surface area contributed by atoms with Gasteiger partial charge in [-0.2, -0.15) is 0 Å². The monoisotopic (exact) mass is 303 g/mol. The van der Waals surface area contributed by atoms with Gasteiger partial charge in [-0.25, -0.2) is 4.79 Å². The van der Waals surface area contributed by atoms with Gasteiger partial charge in [0, 0.05) is 37.8 Å². The molecule has 2 heterocycles. The molecule has 0 aromatic heterocycles. The van der Waals surface area contributed by atoms with Crippen molar-refractivity contribution in [2.24, 2.45) is 0 Å². The highest BCUT2D eigenvalue weighted by Gasteiger charge is 2.33. The van der Waals surface area contributed by atoms with Crippen molar-refractivity contribution in [1.82, 2.24) is 10.2 Å². The average Bonchev–Trinajstić information content (AvgIpc) is 3.17. The molecule has 2 aliphatic rings. The summed E-state index contributed by atoms with van der Waals surface area (Å²) in [6.45, 7) is 2.13. The van der Waals surface area contributed by atoms with Crippen LogP contribution >= 0.6 is 0 Å². The molecule has 0 aliphatic carbocycles. The van der Waals surface area contributed by atoms with Gasteiger partial charge in [-0.15, -0.1) is 0 Å². The molecule has 0 spiro atoms. The summed E-state index contributed by atoms with van der Waals surface area (Å²) in [5.74, 6) is 0.745. The van der Waals surface area contributed by atoms with E-state index >= 15 is 0 Å². The predicted molar refractivity (Wildman–Crippen MR) is 83.1 cm³/mol. The summed E-state index contributed by atoms with van der Waals surface area (Å²) in [6, 6.07) is 7.23. The first-order valence-electron chi connectivity index (χ1n) is 7.67. The molecule has 1 atom stereocenters. The summed E-state index contributed by atoms with van der Waals surface area (Å²) >= 11 is 0. The number of nitrogens with zero attached hydrogens (tertiary/aromatic N) is 2. The quantitative estimate of drug-likeness (QED) is 0.922. The molecule has 1 aromatic carbocycles.